The van der Waals surface area contributed by atoms with Gasteiger partial charge in [0.25, 0.3) is 5.91 Å². The zero-order chi connectivity index (χ0) is 18.1. The van der Waals surface area contributed by atoms with Crippen molar-refractivity contribution < 1.29 is 14.4 Å². The Balaban J connectivity index is 2.08. The van der Waals surface area contributed by atoms with E-state index in [2.05, 4.69) is 5.32 Å². The summed E-state index contributed by atoms with van der Waals surface area (Å²) in [6, 6.07) is 5.29. The SMILES string of the molecule is CCC(C)(C)C(=O)Nc1ccc(CN2OCC(C)(C)C2=O)c(Cl)c1. The highest BCUT2D eigenvalue weighted by Crippen LogP contribution is 2.30. The van der Waals surface area contributed by atoms with E-state index in [1.807, 2.05) is 34.6 Å². The van der Waals surface area contributed by atoms with E-state index in [1.165, 1.54) is 5.06 Å². The molecule has 1 fully saturated rings. The van der Waals surface area contributed by atoms with Crippen LogP contribution in [0.4, 0.5) is 5.69 Å². The summed E-state index contributed by atoms with van der Waals surface area (Å²) in [6.07, 6.45) is 0.745. The number of nitrogens with zero attached hydrogens (tertiary/aromatic N) is 1. The van der Waals surface area contributed by atoms with Crippen molar-refractivity contribution in [2.24, 2.45) is 10.8 Å². The van der Waals surface area contributed by atoms with Gasteiger partial charge in [-0.15, -0.1) is 0 Å². The summed E-state index contributed by atoms with van der Waals surface area (Å²) in [5.74, 6) is -0.103. The Labute approximate surface area is 148 Å². The van der Waals surface area contributed by atoms with E-state index in [1.54, 1.807) is 18.2 Å². The molecule has 1 heterocycles. The molecule has 1 aliphatic heterocycles. The zero-order valence-electron chi connectivity index (χ0n) is 14.9. The molecular weight excluding hydrogens is 328 g/mol. The minimum atomic E-state index is -0.508. The molecule has 1 aromatic rings. The Kier molecular flexibility index (Phi) is 5.25. The van der Waals surface area contributed by atoms with Crippen LogP contribution in [-0.4, -0.2) is 23.5 Å². The molecule has 0 aromatic heterocycles. The molecule has 0 bridgehead atoms. The molecule has 1 saturated heterocycles. The van der Waals surface area contributed by atoms with Gasteiger partial charge in [0.2, 0.25) is 5.91 Å². The first kappa shape index (κ1) is 18.7. The van der Waals surface area contributed by atoms with Crippen LogP contribution in [0.15, 0.2) is 18.2 Å². The van der Waals surface area contributed by atoms with Crippen LogP contribution >= 0.6 is 11.6 Å². The van der Waals surface area contributed by atoms with E-state index >= 15 is 0 Å². The summed E-state index contributed by atoms with van der Waals surface area (Å²) >= 11 is 6.31. The average molecular weight is 353 g/mol. The number of halogens is 1. The zero-order valence-corrected chi connectivity index (χ0v) is 15.7. The van der Waals surface area contributed by atoms with Gasteiger partial charge in [-0.3, -0.25) is 14.4 Å². The standard InChI is InChI=1S/C18H25ClN2O3/c1-6-17(2,3)15(22)20-13-8-7-12(14(19)9-13)10-21-16(23)18(4,5)11-24-21/h7-9H,6,10-11H2,1-5H3,(H,20,22). The quantitative estimate of drug-likeness (QED) is 0.870. The van der Waals surface area contributed by atoms with Gasteiger partial charge in [0.1, 0.15) is 0 Å². The van der Waals surface area contributed by atoms with Gasteiger partial charge in [-0.25, -0.2) is 5.06 Å². The summed E-state index contributed by atoms with van der Waals surface area (Å²) in [5.41, 5.74) is 0.471. The number of anilines is 1. The van der Waals surface area contributed by atoms with Crippen LogP contribution in [0.5, 0.6) is 0 Å². The van der Waals surface area contributed by atoms with Gasteiger partial charge in [0, 0.05) is 16.1 Å². The van der Waals surface area contributed by atoms with Crippen LogP contribution in [0.3, 0.4) is 0 Å². The van der Waals surface area contributed by atoms with Crippen LogP contribution in [0.25, 0.3) is 0 Å². The van der Waals surface area contributed by atoms with Crippen molar-refractivity contribution in [3.05, 3.63) is 28.8 Å². The first-order valence-electron chi connectivity index (χ1n) is 8.11. The molecule has 5 nitrogen and oxygen atoms in total. The first-order chi connectivity index (χ1) is 11.1. The molecule has 0 spiro atoms. The number of carbonyl (C=O) groups excluding carboxylic acids is 2. The fourth-order valence-electron chi connectivity index (χ4n) is 2.18. The molecule has 1 N–H and O–H groups in total. The molecule has 24 heavy (non-hydrogen) atoms. The lowest BCUT2D eigenvalue weighted by atomic mass is 9.89. The van der Waals surface area contributed by atoms with Gasteiger partial charge in [-0.05, 0) is 38.0 Å². The van der Waals surface area contributed by atoms with E-state index in [-0.39, 0.29) is 18.4 Å². The van der Waals surface area contributed by atoms with Crippen LogP contribution in [0.1, 0.15) is 46.6 Å². The molecule has 0 unspecified atom stereocenters. The third kappa shape index (κ3) is 3.90. The van der Waals surface area contributed by atoms with Crippen LogP contribution in [0.2, 0.25) is 5.02 Å². The number of amides is 2. The molecule has 132 valence electrons. The highest BCUT2D eigenvalue weighted by Gasteiger charge is 2.40. The van der Waals surface area contributed by atoms with Crippen LogP contribution in [-0.2, 0) is 21.0 Å². The molecule has 2 rings (SSSR count). The predicted molar refractivity (Wildman–Crippen MR) is 94.4 cm³/mol. The first-order valence-corrected chi connectivity index (χ1v) is 8.49. The third-order valence-electron chi connectivity index (χ3n) is 4.51. The van der Waals surface area contributed by atoms with E-state index in [0.29, 0.717) is 17.3 Å². The highest BCUT2D eigenvalue weighted by atomic mass is 35.5. The second-order valence-corrected chi connectivity index (χ2v) is 7.90. The maximum Gasteiger partial charge on any atom is 0.254 e. The number of hydrogen-bond acceptors (Lipinski definition) is 3. The van der Waals surface area contributed by atoms with E-state index in [9.17, 15) is 9.59 Å². The van der Waals surface area contributed by atoms with Crippen molar-refractivity contribution in [1.82, 2.24) is 5.06 Å². The van der Waals surface area contributed by atoms with Gasteiger partial charge in [0.15, 0.2) is 0 Å². The van der Waals surface area contributed by atoms with E-state index in [4.69, 9.17) is 16.4 Å². The number of hydrogen-bond donors (Lipinski definition) is 1. The molecule has 1 aliphatic rings. The summed E-state index contributed by atoms with van der Waals surface area (Å²) in [5, 5.41) is 4.72. The largest absolute Gasteiger partial charge is 0.326 e. The molecule has 0 aliphatic carbocycles. The lowest BCUT2D eigenvalue weighted by molar-refractivity contribution is -0.165. The summed E-state index contributed by atoms with van der Waals surface area (Å²) in [7, 11) is 0. The number of rotatable bonds is 5. The van der Waals surface area contributed by atoms with Gasteiger partial charge < -0.3 is 5.32 Å². The highest BCUT2D eigenvalue weighted by molar-refractivity contribution is 6.31. The van der Waals surface area contributed by atoms with Gasteiger partial charge in [0.05, 0.1) is 18.6 Å². The van der Waals surface area contributed by atoms with Crippen LogP contribution < -0.4 is 5.32 Å². The number of benzene rings is 1. The fourth-order valence-corrected chi connectivity index (χ4v) is 2.42. The molecule has 0 radical (unpaired) electrons. The van der Waals surface area contributed by atoms with Crippen molar-refractivity contribution >= 4 is 29.1 Å². The van der Waals surface area contributed by atoms with E-state index < -0.39 is 10.8 Å². The van der Waals surface area contributed by atoms with E-state index in [0.717, 1.165) is 12.0 Å². The maximum atomic E-state index is 12.2. The predicted octanol–water partition coefficient (Wildman–Crippen LogP) is 4.01. The number of nitrogens with one attached hydrogen (secondary N) is 1. The average Bonchev–Trinajstić information content (AvgIpc) is 2.76. The second-order valence-electron chi connectivity index (χ2n) is 7.50. The van der Waals surface area contributed by atoms with Crippen molar-refractivity contribution in [2.75, 3.05) is 11.9 Å². The van der Waals surface area contributed by atoms with Crippen LogP contribution in [0, 0.1) is 10.8 Å². The Morgan fingerprint density at radius 2 is 2.08 bits per heavy atom. The van der Waals surface area contributed by atoms with Crippen molar-refractivity contribution in [3.63, 3.8) is 0 Å². The number of carbonyl (C=O) groups is 2. The van der Waals surface area contributed by atoms with Gasteiger partial charge in [-0.2, -0.15) is 0 Å². The minimum Gasteiger partial charge on any atom is -0.326 e. The molecule has 6 heteroatoms. The normalized spacial score (nSPS) is 17.2. The molecule has 1 aromatic carbocycles. The smallest absolute Gasteiger partial charge is 0.254 e. The molecular formula is C18H25ClN2O3. The Hall–Kier alpha value is -1.59. The fraction of sp³-hybridized carbons (Fsp3) is 0.556. The molecule has 0 atom stereocenters. The third-order valence-corrected chi connectivity index (χ3v) is 4.86. The number of hydroxylamine groups is 2. The van der Waals surface area contributed by atoms with Crippen molar-refractivity contribution in [2.45, 2.75) is 47.6 Å². The molecule has 0 saturated carbocycles. The summed E-state index contributed by atoms with van der Waals surface area (Å²) in [4.78, 5) is 29.9. The minimum absolute atomic E-state index is 0.0476. The Morgan fingerprint density at radius 3 is 2.58 bits per heavy atom. The lowest BCUT2D eigenvalue weighted by Crippen LogP contribution is -2.30. The van der Waals surface area contributed by atoms with Crippen molar-refractivity contribution in [1.29, 1.82) is 0 Å². The van der Waals surface area contributed by atoms with Gasteiger partial charge >= 0.3 is 0 Å². The summed E-state index contributed by atoms with van der Waals surface area (Å²) < 4.78 is 0. The topological polar surface area (TPSA) is 58.6 Å². The Morgan fingerprint density at radius 1 is 1.42 bits per heavy atom. The summed E-state index contributed by atoms with van der Waals surface area (Å²) in [6.45, 7) is 10.1. The lowest BCUT2D eigenvalue weighted by Gasteiger charge is -2.22. The maximum absolute atomic E-state index is 12.2. The monoisotopic (exact) mass is 352 g/mol. The Bertz CT molecular complexity index is 656. The molecule has 2 amide bonds. The van der Waals surface area contributed by atoms with Gasteiger partial charge in [-0.1, -0.05) is 38.4 Å². The van der Waals surface area contributed by atoms with Crippen molar-refractivity contribution in [3.8, 4) is 0 Å². The second kappa shape index (κ2) is 6.73.